The first-order valence-corrected chi connectivity index (χ1v) is 8.45. The topological polar surface area (TPSA) is 69.7 Å². The molecule has 2 heterocycles. The molecule has 2 aromatic rings. The minimum atomic E-state index is -0.410. The standard InChI is InChI=1S/C19H21FN2O4/c1-13-5-6-16(10-21-13)26-18-11-24-8-7-17(18)22-19(23)12-25-15-4-2-3-14(20)9-15/h2-6,9-10,17-18H,7-8,11-12H2,1H3,(H,22,23)/t17-,18+/m1/s1. The van der Waals surface area contributed by atoms with Crippen LogP contribution in [0, 0.1) is 12.7 Å². The van der Waals surface area contributed by atoms with E-state index in [0.29, 0.717) is 31.1 Å². The van der Waals surface area contributed by atoms with Gasteiger partial charge in [0.05, 0.1) is 18.8 Å². The number of hydrogen-bond acceptors (Lipinski definition) is 5. The molecule has 0 aliphatic carbocycles. The Bertz CT molecular complexity index is 739. The van der Waals surface area contributed by atoms with Crippen LogP contribution in [0.25, 0.3) is 0 Å². The summed E-state index contributed by atoms with van der Waals surface area (Å²) in [5.41, 5.74) is 0.900. The second kappa shape index (κ2) is 8.62. The van der Waals surface area contributed by atoms with Crippen LogP contribution in [0.3, 0.4) is 0 Å². The van der Waals surface area contributed by atoms with Crippen molar-refractivity contribution in [1.82, 2.24) is 10.3 Å². The first-order chi connectivity index (χ1) is 12.6. The fourth-order valence-corrected chi connectivity index (χ4v) is 2.65. The number of halogens is 1. The third-order valence-electron chi connectivity index (χ3n) is 3.99. The molecule has 1 aromatic heterocycles. The van der Waals surface area contributed by atoms with Crippen LogP contribution in [-0.2, 0) is 9.53 Å². The van der Waals surface area contributed by atoms with E-state index in [1.54, 1.807) is 12.3 Å². The lowest BCUT2D eigenvalue weighted by molar-refractivity contribution is -0.126. The van der Waals surface area contributed by atoms with Crippen molar-refractivity contribution >= 4 is 5.91 Å². The van der Waals surface area contributed by atoms with E-state index in [1.165, 1.54) is 18.2 Å². The summed E-state index contributed by atoms with van der Waals surface area (Å²) in [6, 6.07) is 9.17. The number of aryl methyl sites for hydroxylation is 1. The van der Waals surface area contributed by atoms with E-state index < -0.39 is 5.82 Å². The summed E-state index contributed by atoms with van der Waals surface area (Å²) in [5, 5.41) is 2.90. The first-order valence-electron chi connectivity index (χ1n) is 8.45. The van der Waals surface area contributed by atoms with Gasteiger partial charge in [-0.15, -0.1) is 0 Å². The van der Waals surface area contributed by atoms with Gasteiger partial charge >= 0.3 is 0 Å². The average Bonchev–Trinajstić information content (AvgIpc) is 2.64. The number of nitrogens with one attached hydrogen (secondary N) is 1. The van der Waals surface area contributed by atoms with E-state index in [2.05, 4.69) is 10.3 Å². The fraction of sp³-hybridized carbons (Fsp3) is 0.368. The van der Waals surface area contributed by atoms with Crippen molar-refractivity contribution < 1.29 is 23.4 Å². The Labute approximate surface area is 151 Å². The van der Waals surface area contributed by atoms with Gasteiger partial charge in [-0.1, -0.05) is 6.07 Å². The maximum atomic E-state index is 13.1. The van der Waals surface area contributed by atoms with Gasteiger partial charge in [-0.2, -0.15) is 0 Å². The lowest BCUT2D eigenvalue weighted by Crippen LogP contribution is -2.52. The quantitative estimate of drug-likeness (QED) is 0.856. The minimum absolute atomic E-state index is 0.195. The molecule has 1 saturated heterocycles. The van der Waals surface area contributed by atoms with Crippen LogP contribution < -0.4 is 14.8 Å². The molecule has 1 aliphatic rings. The number of carbonyl (C=O) groups is 1. The number of benzene rings is 1. The van der Waals surface area contributed by atoms with Gasteiger partial charge in [-0.05, 0) is 37.6 Å². The van der Waals surface area contributed by atoms with Crippen molar-refractivity contribution in [3.8, 4) is 11.5 Å². The highest BCUT2D eigenvalue weighted by atomic mass is 19.1. The van der Waals surface area contributed by atoms with Gasteiger partial charge < -0.3 is 19.5 Å². The van der Waals surface area contributed by atoms with E-state index in [1.807, 2.05) is 19.1 Å². The Hall–Kier alpha value is -2.67. The molecule has 7 heteroatoms. The molecule has 0 unspecified atom stereocenters. The Morgan fingerprint density at radius 2 is 2.23 bits per heavy atom. The molecular formula is C19H21FN2O4. The van der Waals surface area contributed by atoms with Gasteiger partial charge in [0.2, 0.25) is 0 Å². The highest BCUT2D eigenvalue weighted by Crippen LogP contribution is 2.17. The number of pyridine rings is 1. The average molecular weight is 360 g/mol. The van der Waals surface area contributed by atoms with Gasteiger partial charge in [-0.3, -0.25) is 9.78 Å². The zero-order valence-electron chi connectivity index (χ0n) is 14.5. The van der Waals surface area contributed by atoms with Crippen LogP contribution in [0.4, 0.5) is 4.39 Å². The lowest BCUT2D eigenvalue weighted by Gasteiger charge is -2.32. The van der Waals surface area contributed by atoms with Crippen LogP contribution in [0.15, 0.2) is 42.6 Å². The van der Waals surface area contributed by atoms with E-state index in [4.69, 9.17) is 14.2 Å². The molecular weight excluding hydrogens is 339 g/mol. The molecule has 0 spiro atoms. The number of rotatable bonds is 6. The molecule has 6 nitrogen and oxygen atoms in total. The van der Waals surface area contributed by atoms with Gasteiger partial charge in [0.1, 0.15) is 23.4 Å². The number of nitrogens with zero attached hydrogens (tertiary/aromatic N) is 1. The van der Waals surface area contributed by atoms with Crippen molar-refractivity contribution in [2.75, 3.05) is 19.8 Å². The second-order valence-corrected chi connectivity index (χ2v) is 6.08. The SMILES string of the molecule is Cc1ccc(O[C@H]2COCC[C@H]2NC(=O)COc2cccc(F)c2)cn1. The Kier molecular flexibility index (Phi) is 6.01. The predicted octanol–water partition coefficient (Wildman–Crippen LogP) is 2.26. The molecule has 1 aliphatic heterocycles. The fourth-order valence-electron chi connectivity index (χ4n) is 2.65. The summed E-state index contributed by atoms with van der Waals surface area (Å²) in [4.78, 5) is 16.4. The second-order valence-electron chi connectivity index (χ2n) is 6.08. The zero-order chi connectivity index (χ0) is 18.4. The molecule has 1 N–H and O–H groups in total. The molecule has 26 heavy (non-hydrogen) atoms. The highest BCUT2D eigenvalue weighted by molar-refractivity contribution is 5.77. The number of hydrogen-bond donors (Lipinski definition) is 1. The Morgan fingerprint density at radius 1 is 1.35 bits per heavy atom. The summed E-state index contributed by atoms with van der Waals surface area (Å²) in [5.74, 6) is 0.233. The van der Waals surface area contributed by atoms with Crippen molar-refractivity contribution in [3.05, 3.63) is 54.1 Å². The van der Waals surface area contributed by atoms with Crippen LogP contribution in [0.2, 0.25) is 0 Å². The van der Waals surface area contributed by atoms with Gasteiger partial charge in [0.25, 0.3) is 5.91 Å². The molecule has 3 rings (SSSR count). The van der Waals surface area contributed by atoms with Gasteiger partial charge in [0.15, 0.2) is 6.61 Å². The Morgan fingerprint density at radius 3 is 3.00 bits per heavy atom. The first kappa shape index (κ1) is 18.1. The summed E-state index contributed by atoms with van der Waals surface area (Å²) >= 11 is 0. The number of carbonyl (C=O) groups excluding carboxylic acids is 1. The van der Waals surface area contributed by atoms with Crippen molar-refractivity contribution in [3.63, 3.8) is 0 Å². The maximum absolute atomic E-state index is 13.1. The number of aromatic nitrogens is 1. The third-order valence-corrected chi connectivity index (χ3v) is 3.99. The Balaban J connectivity index is 1.53. The van der Waals surface area contributed by atoms with E-state index >= 15 is 0 Å². The van der Waals surface area contributed by atoms with Crippen LogP contribution >= 0.6 is 0 Å². The van der Waals surface area contributed by atoms with Crippen molar-refractivity contribution in [1.29, 1.82) is 0 Å². The third kappa shape index (κ3) is 5.16. The smallest absolute Gasteiger partial charge is 0.258 e. The maximum Gasteiger partial charge on any atom is 0.258 e. The molecule has 2 atom stereocenters. The predicted molar refractivity (Wildman–Crippen MR) is 92.7 cm³/mol. The normalized spacial score (nSPS) is 19.6. The van der Waals surface area contributed by atoms with E-state index in [0.717, 1.165) is 5.69 Å². The summed E-state index contributed by atoms with van der Waals surface area (Å²) < 4.78 is 29.8. The lowest BCUT2D eigenvalue weighted by atomic mass is 10.1. The zero-order valence-corrected chi connectivity index (χ0v) is 14.5. The monoisotopic (exact) mass is 360 g/mol. The van der Waals surface area contributed by atoms with Crippen molar-refractivity contribution in [2.45, 2.75) is 25.5 Å². The summed E-state index contributed by atoms with van der Waals surface area (Å²) in [6.45, 7) is 2.63. The molecule has 138 valence electrons. The van der Waals surface area contributed by atoms with E-state index in [-0.39, 0.29) is 24.7 Å². The van der Waals surface area contributed by atoms with Crippen LogP contribution in [-0.4, -0.2) is 42.9 Å². The molecule has 0 saturated carbocycles. The molecule has 1 fully saturated rings. The largest absolute Gasteiger partial charge is 0.484 e. The van der Waals surface area contributed by atoms with Crippen LogP contribution in [0.5, 0.6) is 11.5 Å². The van der Waals surface area contributed by atoms with Gasteiger partial charge in [-0.25, -0.2) is 4.39 Å². The van der Waals surface area contributed by atoms with Crippen LogP contribution in [0.1, 0.15) is 12.1 Å². The molecule has 1 aromatic carbocycles. The number of ether oxygens (including phenoxy) is 3. The summed E-state index contributed by atoms with van der Waals surface area (Å²) in [6.07, 6.45) is 1.97. The highest BCUT2D eigenvalue weighted by Gasteiger charge is 2.29. The van der Waals surface area contributed by atoms with Crippen molar-refractivity contribution in [2.24, 2.45) is 0 Å². The molecule has 1 amide bonds. The number of amides is 1. The summed E-state index contributed by atoms with van der Waals surface area (Å²) in [7, 11) is 0. The van der Waals surface area contributed by atoms with Gasteiger partial charge in [0, 0.05) is 18.4 Å². The molecule has 0 bridgehead atoms. The minimum Gasteiger partial charge on any atom is -0.484 e. The van der Waals surface area contributed by atoms with E-state index in [9.17, 15) is 9.18 Å². The molecule has 0 radical (unpaired) electrons.